The largest absolute Gasteiger partial charge is 0.487 e. The van der Waals surface area contributed by atoms with Gasteiger partial charge in [0.05, 0.1) is 16.4 Å². The maximum Gasteiger partial charge on any atom is 0.341 e. The number of hydrogen-bond acceptors (Lipinski definition) is 4. The van der Waals surface area contributed by atoms with Crippen molar-refractivity contribution < 1.29 is 19.0 Å². The lowest BCUT2D eigenvalue weighted by atomic mass is 9.99. The van der Waals surface area contributed by atoms with Crippen molar-refractivity contribution >= 4 is 22.6 Å². The second-order valence-corrected chi connectivity index (χ2v) is 7.27. The Kier molecular flexibility index (Phi) is 3.32. The Labute approximate surface area is 143 Å². The van der Waals surface area contributed by atoms with Crippen LogP contribution in [0.15, 0.2) is 17.1 Å². The Morgan fingerprint density at radius 2 is 2.00 bits per heavy atom. The molecule has 0 radical (unpaired) electrons. The van der Waals surface area contributed by atoms with E-state index < -0.39 is 22.8 Å². The van der Waals surface area contributed by atoms with Crippen LogP contribution in [0.2, 0.25) is 0 Å². The summed E-state index contributed by atoms with van der Waals surface area (Å²) in [4.78, 5) is 26.0. The predicted molar refractivity (Wildman–Crippen MR) is 91.4 cm³/mol. The van der Waals surface area contributed by atoms with Gasteiger partial charge < -0.3 is 19.3 Å². The van der Waals surface area contributed by atoms with E-state index >= 15 is 0 Å². The lowest BCUT2D eigenvalue weighted by Crippen LogP contribution is -2.39. The number of aromatic nitrogens is 1. The summed E-state index contributed by atoms with van der Waals surface area (Å²) in [5.74, 6) is -1.52. The van der Waals surface area contributed by atoms with Crippen LogP contribution in [0.3, 0.4) is 0 Å². The molecule has 0 spiro atoms. The summed E-state index contributed by atoms with van der Waals surface area (Å²) in [5.41, 5.74) is -0.760. The van der Waals surface area contributed by atoms with Gasteiger partial charge in [-0.2, -0.15) is 0 Å². The van der Waals surface area contributed by atoms with E-state index in [1.54, 1.807) is 4.57 Å². The van der Waals surface area contributed by atoms with Crippen LogP contribution < -0.4 is 15.1 Å². The number of anilines is 1. The van der Waals surface area contributed by atoms with Crippen LogP contribution in [0.5, 0.6) is 5.75 Å². The molecule has 4 rings (SSSR count). The maximum atomic E-state index is 14.9. The SMILES string of the molecule is CC1(C)COc2c(N3CCCC3)c(F)cc3c(=O)c(C(=O)O)cn1c23. The minimum Gasteiger partial charge on any atom is -0.487 e. The molecule has 1 aromatic carbocycles. The van der Waals surface area contributed by atoms with Crippen LogP contribution >= 0.6 is 0 Å². The summed E-state index contributed by atoms with van der Waals surface area (Å²) >= 11 is 0. The van der Waals surface area contributed by atoms with Crippen LogP contribution in [0, 0.1) is 5.82 Å². The molecule has 0 amide bonds. The monoisotopic (exact) mass is 346 g/mol. The zero-order valence-corrected chi connectivity index (χ0v) is 14.1. The molecule has 132 valence electrons. The van der Waals surface area contributed by atoms with Crippen LogP contribution in [0.4, 0.5) is 10.1 Å². The van der Waals surface area contributed by atoms with Crippen LogP contribution in [-0.2, 0) is 5.54 Å². The molecule has 0 aliphatic carbocycles. The fraction of sp³-hybridized carbons (Fsp3) is 0.444. The first-order chi connectivity index (χ1) is 11.8. The highest BCUT2D eigenvalue weighted by Gasteiger charge is 2.35. The Morgan fingerprint density at radius 3 is 2.64 bits per heavy atom. The molecule has 0 bridgehead atoms. The molecule has 25 heavy (non-hydrogen) atoms. The zero-order valence-electron chi connectivity index (χ0n) is 14.1. The second kappa shape index (κ2) is 5.21. The minimum absolute atomic E-state index is 0.0446. The van der Waals surface area contributed by atoms with Gasteiger partial charge in [0.2, 0.25) is 5.43 Å². The number of carbonyl (C=O) groups is 1. The number of halogens is 1. The Balaban J connectivity index is 2.14. The predicted octanol–water partition coefficient (Wildman–Crippen LogP) is 2.57. The van der Waals surface area contributed by atoms with Crippen molar-refractivity contribution in [2.75, 3.05) is 24.6 Å². The molecule has 2 aliphatic rings. The summed E-state index contributed by atoms with van der Waals surface area (Å²) in [6, 6.07) is 1.16. The Hall–Kier alpha value is -2.57. The average Bonchev–Trinajstić information content (AvgIpc) is 3.05. The van der Waals surface area contributed by atoms with Crippen LogP contribution in [0.25, 0.3) is 10.9 Å². The van der Waals surface area contributed by atoms with Gasteiger partial charge in [0.15, 0.2) is 11.6 Å². The van der Waals surface area contributed by atoms with Gasteiger partial charge in [0.1, 0.15) is 17.9 Å². The van der Waals surface area contributed by atoms with E-state index in [-0.39, 0.29) is 17.6 Å². The topological polar surface area (TPSA) is 71.8 Å². The highest BCUT2D eigenvalue weighted by atomic mass is 19.1. The van der Waals surface area contributed by atoms with Gasteiger partial charge in [-0.15, -0.1) is 0 Å². The number of pyridine rings is 1. The quantitative estimate of drug-likeness (QED) is 0.905. The molecule has 2 aliphatic heterocycles. The van der Waals surface area contributed by atoms with Crippen LogP contribution in [-0.4, -0.2) is 35.3 Å². The average molecular weight is 346 g/mol. The molecule has 0 unspecified atom stereocenters. The van der Waals surface area contributed by atoms with Gasteiger partial charge in [-0.25, -0.2) is 9.18 Å². The first-order valence-corrected chi connectivity index (χ1v) is 8.34. The van der Waals surface area contributed by atoms with Gasteiger partial charge in [0.25, 0.3) is 0 Å². The molecule has 0 atom stereocenters. The highest BCUT2D eigenvalue weighted by Crippen LogP contribution is 2.43. The standard InChI is InChI=1S/C18H19FN2O4/c1-18(2)9-25-16-13-10(15(22)11(17(23)24)8-21(13)18)7-12(19)14(16)20-5-3-4-6-20/h7-8H,3-6,9H2,1-2H3,(H,23,24). The van der Waals surface area contributed by atoms with Gasteiger partial charge in [-0.3, -0.25) is 4.79 Å². The van der Waals surface area contributed by atoms with E-state index in [1.807, 2.05) is 18.7 Å². The van der Waals surface area contributed by atoms with E-state index in [9.17, 15) is 19.1 Å². The minimum atomic E-state index is -1.32. The van der Waals surface area contributed by atoms with E-state index in [1.165, 1.54) is 6.20 Å². The number of benzene rings is 1. The van der Waals surface area contributed by atoms with Gasteiger partial charge >= 0.3 is 5.97 Å². The molecular weight excluding hydrogens is 327 g/mol. The summed E-state index contributed by atoms with van der Waals surface area (Å²) in [6.07, 6.45) is 3.31. The number of carboxylic acids is 1. The fourth-order valence-electron chi connectivity index (χ4n) is 3.74. The molecule has 1 saturated heterocycles. The summed E-state index contributed by atoms with van der Waals surface area (Å²) in [6.45, 7) is 5.52. The van der Waals surface area contributed by atoms with Crippen molar-refractivity contribution in [3.63, 3.8) is 0 Å². The van der Waals surface area contributed by atoms with E-state index in [0.29, 0.717) is 17.0 Å². The zero-order chi connectivity index (χ0) is 17.9. The molecular formula is C18H19FN2O4. The lowest BCUT2D eigenvalue weighted by Gasteiger charge is -2.37. The Morgan fingerprint density at radius 1 is 1.32 bits per heavy atom. The van der Waals surface area contributed by atoms with Gasteiger partial charge in [0, 0.05) is 19.3 Å². The van der Waals surface area contributed by atoms with Gasteiger partial charge in [-0.05, 0) is 32.8 Å². The van der Waals surface area contributed by atoms with Crippen molar-refractivity contribution in [2.45, 2.75) is 32.2 Å². The second-order valence-electron chi connectivity index (χ2n) is 7.27. The molecule has 1 fully saturated rings. The lowest BCUT2D eigenvalue weighted by molar-refractivity contribution is 0.0693. The van der Waals surface area contributed by atoms with Crippen molar-refractivity contribution in [2.24, 2.45) is 0 Å². The van der Waals surface area contributed by atoms with Crippen molar-refractivity contribution in [1.82, 2.24) is 4.57 Å². The van der Waals surface area contributed by atoms with Crippen molar-refractivity contribution in [3.05, 3.63) is 33.9 Å². The number of rotatable bonds is 2. The summed E-state index contributed by atoms with van der Waals surface area (Å²) in [7, 11) is 0. The third kappa shape index (κ3) is 2.22. The molecule has 2 aromatic rings. The molecule has 7 heteroatoms. The Bertz CT molecular complexity index is 958. The van der Waals surface area contributed by atoms with Crippen molar-refractivity contribution in [3.8, 4) is 5.75 Å². The first kappa shape index (κ1) is 15.9. The fourth-order valence-corrected chi connectivity index (χ4v) is 3.74. The van der Waals surface area contributed by atoms with Gasteiger partial charge in [-0.1, -0.05) is 0 Å². The highest BCUT2D eigenvalue weighted by molar-refractivity contribution is 5.97. The number of hydrogen-bond donors (Lipinski definition) is 1. The van der Waals surface area contributed by atoms with E-state index in [2.05, 4.69) is 0 Å². The molecule has 0 saturated carbocycles. The summed E-state index contributed by atoms with van der Waals surface area (Å²) in [5, 5.41) is 9.40. The molecule has 6 nitrogen and oxygen atoms in total. The maximum absolute atomic E-state index is 14.9. The third-order valence-electron chi connectivity index (χ3n) is 5.05. The van der Waals surface area contributed by atoms with Crippen molar-refractivity contribution in [1.29, 1.82) is 0 Å². The number of ether oxygens (including phenoxy) is 1. The number of carboxylic acid groups (broad SMARTS) is 1. The van der Waals surface area contributed by atoms with E-state index in [0.717, 1.165) is 32.0 Å². The number of aromatic carboxylic acids is 1. The van der Waals surface area contributed by atoms with E-state index in [4.69, 9.17) is 4.74 Å². The normalized spacial score (nSPS) is 18.4. The number of nitrogens with zero attached hydrogens (tertiary/aromatic N) is 2. The van der Waals surface area contributed by atoms with Crippen LogP contribution in [0.1, 0.15) is 37.0 Å². The molecule has 1 aromatic heterocycles. The summed E-state index contributed by atoms with van der Waals surface area (Å²) < 4.78 is 22.5. The first-order valence-electron chi connectivity index (χ1n) is 8.34. The third-order valence-corrected chi connectivity index (χ3v) is 5.05. The molecule has 3 heterocycles. The smallest absolute Gasteiger partial charge is 0.341 e. The molecule has 1 N–H and O–H groups in total.